The predicted molar refractivity (Wildman–Crippen MR) is 73.0 cm³/mol. The van der Waals surface area contributed by atoms with Gasteiger partial charge in [-0.1, -0.05) is 17.8 Å². The van der Waals surface area contributed by atoms with Crippen LogP contribution in [0.5, 0.6) is 0 Å². The van der Waals surface area contributed by atoms with E-state index in [0.717, 1.165) is 25.8 Å². The highest BCUT2D eigenvalue weighted by atomic mass is 32.1. The van der Waals surface area contributed by atoms with Crippen LogP contribution in [-0.2, 0) is 6.18 Å². The summed E-state index contributed by atoms with van der Waals surface area (Å²) in [6, 6.07) is 0.400. The zero-order valence-corrected chi connectivity index (χ0v) is 12.4. The molecule has 1 fully saturated rings. The second kappa shape index (κ2) is 6.26. The minimum absolute atomic E-state index is 0.0905. The largest absolute Gasteiger partial charge is 0.445 e. The molecule has 1 N–H and O–H groups in total. The monoisotopic (exact) mass is 308 g/mol. The number of hydrogen-bond acceptors (Lipinski definition) is 5. The van der Waals surface area contributed by atoms with Crippen LogP contribution < -0.4 is 10.2 Å². The molecule has 0 spiro atoms. The van der Waals surface area contributed by atoms with Crippen molar-refractivity contribution in [3.8, 4) is 0 Å². The van der Waals surface area contributed by atoms with Gasteiger partial charge in [0.1, 0.15) is 0 Å². The molecule has 0 bridgehead atoms. The Morgan fingerprint density at radius 1 is 1.35 bits per heavy atom. The van der Waals surface area contributed by atoms with Gasteiger partial charge in [0.25, 0.3) is 0 Å². The first-order valence-electron chi connectivity index (χ1n) is 6.78. The maximum atomic E-state index is 12.6. The molecule has 8 heteroatoms. The van der Waals surface area contributed by atoms with E-state index in [-0.39, 0.29) is 6.04 Å². The van der Waals surface area contributed by atoms with Crippen molar-refractivity contribution >= 4 is 16.5 Å². The van der Waals surface area contributed by atoms with Crippen LogP contribution in [0.15, 0.2) is 0 Å². The molecule has 1 saturated heterocycles. The summed E-state index contributed by atoms with van der Waals surface area (Å²) in [6.07, 6.45) is -1.04. The van der Waals surface area contributed by atoms with E-state index in [4.69, 9.17) is 0 Å². The maximum Gasteiger partial charge on any atom is 0.445 e. The van der Waals surface area contributed by atoms with E-state index in [9.17, 15) is 13.2 Å². The molecule has 1 unspecified atom stereocenters. The summed E-state index contributed by atoms with van der Waals surface area (Å²) < 4.78 is 37.8. The van der Waals surface area contributed by atoms with Crippen LogP contribution >= 0.6 is 11.3 Å². The first-order valence-corrected chi connectivity index (χ1v) is 7.60. The average Bonchev–Trinajstić information content (AvgIpc) is 2.86. The number of rotatable bonds is 4. The number of halogens is 3. The number of aromatic nitrogens is 2. The average molecular weight is 308 g/mol. The van der Waals surface area contributed by atoms with Crippen LogP contribution in [0.1, 0.15) is 38.1 Å². The molecule has 1 atom stereocenters. The van der Waals surface area contributed by atoms with E-state index >= 15 is 0 Å². The lowest BCUT2D eigenvalue weighted by molar-refractivity contribution is -0.138. The van der Waals surface area contributed by atoms with E-state index < -0.39 is 11.2 Å². The van der Waals surface area contributed by atoms with Crippen LogP contribution in [-0.4, -0.2) is 35.4 Å². The van der Waals surface area contributed by atoms with Gasteiger partial charge in [0.05, 0.1) is 0 Å². The molecule has 1 aliphatic rings. The Bertz CT molecular complexity index is 427. The molecular formula is C12H19F3N4S. The van der Waals surface area contributed by atoms with Gasteiger partial charge in [-0.25, -0.2) is 0 Å². The Balaban J connectivity index is 2.09. The molecule has 0 aliphatic carbocycles. The van der Waals surface area contributed by atoms with Gasteiger partial charge < -0.3 is 10.2 Å². The van der Waals surface area contributed by atoms with Crippen LogP contribution in [0.4, 0.5) is 18.3 Å². The number of nitrogens with one attached hydrogen (secondary N) is 1. The summed E-state index contributed by atoms with van der Waals surface area (Å²) >= 11 is 0.616. The van der Waals surface area contributed by atoms with Crippen molar-refractivity contribution in [1.82, 2.24) is 15.5 Å². The van der Waals surface area contributed by atoms with Crippen LogP contribution in [0.25, 0.3) is 0 Å². The normalized spacial score (nSPS) is 20.4. The van der Waals surface area contributed by atoms with E-state index in [1.165, 1.54) is 0 Å². The number of alkyl halides is 3. The van der Waals surface area contributed by atoms with E-state index in [1.54, 1.807) is 0 Å². The highest BCUT2D eigenvalue weighted by Gasteiger charge is 2.36. The molecule has 0 radical (unpaired) electrons. The van der Waals surface area contributed by atoms with Crippen LogP contribution in [0.2, 0.25) is 0 Å². The molecule has 1 aromatic rings. The van der Waals surface area contributed by atoms with Crippen LogP contribution in [0, 0.1) is 0 Å². The highest BCUT2D eigenvalue weighted by Crippen LogP contribution is 2.35. The zero-order chi connectivity index (χ0) is 14.8. The lowest BCUT2D eigenvalue weighted by Crippen LogP contribution is -2.46. The van der Waals surface area contributed by atoms with Gasteiger partial charge in [-0.3, -0.25) is 0 Å². The van der Waals surface area contributed by atoms with E-state index in [2.05, 4.69) is 15.5 Å². The third-order valence-electron chi connectivity index (χ3n) is 3.36. The van der Waals surface area contributed by atoms with Crippen molar-refractivity contribution < 1.29 is 13.2 Å². The SMILES string of the molecule is CC(C)N(CC1CCCCN1)c1nnc(C(F)(F)F)s1. The van der Waals surface area contributed by atoms with Gasteiger partial charge in [-0.2, -0.15) is 13.2 Å². The lowest BCUT2D eigenvalue weighted by atomic mass is 10.0. The fourth-order valence-corrected chi connectivity index (χ4v) is 3.13. The molecule has 0 aromatic carbocycles. The molecule has 114 valence electrons. The molecular weight excluding hydrogens is 289 g/mol. The quantitative estimate of drug-likeness (QED) is 0.928. The molecule has 0 amide bonds. The van der Waals surface area contributed by atoms with Crippen LogP contribution in [0.3, 0.4) is 0 Å². The maximum absolute atomic E-state index is 12.6. The smallest absolute Gasteiger partial charge is 0.343 e. The van der Waals surface area contributed by atoms with Crippen molar-refractivity contribution in [3.63, 3.8) is 0 Å². The Morgan fingerprint density at radius 3 is 2.60 bits per heavy atom. The zero-order valence-electron chi connectivity index (χ0n) is 11.6. The Kier molecular flexibility index (Phi) is 4.85. The minimum atomic E-state index is -4.42. The second-order valence-electron chi connectivity index (χ2n) is 5.28. The molecule has 20 heavy (non-hydrogen) atoms. The fraction of sp³-hybridized carbons (Fsp3) is 0.833. The van der Waals surface area contributed by atoms with Crippen molar-refractivity contribution in [3.05, 3.63) is 5.01 Å². The van der Waals surface area contributed by atoms with Gasteiger partial charge in [0.15, 0.2) is 0 Å². The lowest BCUT2D eigenvalue weighted by Gasteiger charge is -2.32. The molecule has 2 rings (SSSR count). The Labute approximate surface area is 120 Å². The first-order chi connectivity index (χ1) is 9.38. The Hall–Kier alpha value is -0.890. The molecule has 4 nitrogen and oxygen atoms in total. The van der Waals surface area contributed by atoms with Gasteiger partial charge in [0.2, 0.25) is 10.1 Å². The van der Waals surface area contributed by atoms with E-state index in [0.29, 0.717) is 29.1 Å². The van der Waals surface area contributed by atoms with E-state index in [1.807, 2.05) is 18.7 Å². The van der Waals surface area contributed by atoms with Crippen molar-refractivity contribution in [2.75, 3.05) is 18.0 Å². The number of anilines is 1. The molecule has 1 aromatic heterocycles. The standard InChI is InChI=1S/C12H19F3N4S/c1-8(2)19(7-9-5-3-4-6-16-9)11-18-17-10(20-11)12(13,14)15/h8-9,16H,3-7H2,1-2H3. The fourth-order valence-electron chi connectivity index (χ4n) is 2.27. The summed E-state index contributed by atoms with van der Waals surface area (Å²) in [4.78, 5) is 1.90. The highest BCUT2D eigenvalue weighted by molar-refractivity contribution is 7.15. The second-order valence-corrected chi connectivity index (χ2v) is 6.24. The van der Waals surface area contributed by atoms with Crippen molar-refractivity contribution in [2.24, 2.45) is 0 Å². The molecule has 1 aliphatic heterocycles. The Morgan fingerprint density at radius 2 is 2.10 bits per heavy atom. The summed E-state index contributed by atoms with van der Waals surface area (Å²) in [5.41, 5.74) is 0. The molecule has 2 heterocycles. The van der Waals surface area contributed by atoms with Gasteiger partial charge in [0, 0.05) is 18.6 Å². The van der Waals surface area contributed by atoms with Crippen molar-refractivity contribution in [1.29, 1.82) is 0 Å². The van der Waals surface area contributed by atoms with Gasteiger partial charge in [-0.05, 0) is 33.2 Å². The van der Waals surface area contributed by atoms with Crippen molar-refractivity contribution in [2.45, 2.75) is 51.4 Å². The summed E-state index contributed by atoms with van der Waals surface area (Å²) in [5, 5.41) is 9.85. The number of hydrogen-bond donors (Lipinski definition) is 1. The third-order valence-corrected chi connectivity index (χ3v) is 4.36. The summed E-state index contributed by atoms with van der Waals surface area (Å²) in [6.45, 7) is 5.56. The number of piperidine rings is 1. The first kappa shape index (κ1) is 15.5. The van der Waals surface area contributed by atoms with Gasteiger partial charge in [-0.15, -0.1) is 10.2 Å². The minimum Gasteiger partial charge on any atom is -0.343 e. The topological polar surface area (TPSA) is 41.0 Å². The summed E-state index contributed by atoms with van der Waals surface area (Å²) in [5.74, 6) is 0. The number of nitrogens with zero attached hydrogens (tertiary/aromatic N) is 3. The third kappa shape index (κ3) is 3.82. The molecule has 0 saturated carbocycles. The predicted octanol–water partition coefficient (Wildman–Crippen LogP) is 2.91. The van der Waals surface area contributed by atoms with Gasteiger partial charge >= 0.3 is 6.18 Å². The summed E-state index contributed by atoms with van der Waals surface area (Å²) in [7, 11) is 0.